The molecule has 1 atom stereocenters. The van der Waals surface area contributed by atoms with Crippen molar-refractivity contribution in [3.05, 3.63) is 35.9 Å². The van der Waals surface area contributed by atoms with E-state index in [0.717, 1.165) is 5.56 Å². The Morgan fingerprint density at radius 2 is 1.84 bits per heavy atom. The number of hydrazine groups is 1. The van der Waals surface area contributed by atoms with Crippen molar-refractivity contribution in [1.82, 2.24) is 15.3 Å². The topological polar surface area (TPSA) is 72.9 Å². The number of carbonyl (C=O) groups is 2. The Kier molecular flexibility index (Phi) is 4.60. The van der Waals surface area contributed by atoms with Gasteiger partial charge in [0.1, 0.15) is 0 Å². The van der Waals surface area contributed by atoms with E-state index in [1.807, 2.05) is 18.2 Å². The highest BCUT2D eigenvalue weighted by atomic mass is 16.4. The quantitative estimate of drug-likeness (QED) is 0.862. The molecule has 136 valence electrons. The average Bonchev–Trinajstić information content (AvgIpc) is 2.82. The van der Waals surface area contributed by atoms with Gasteiger partial charge in [-0.05, 0) is 23.8 Å². The van der Waals surface area contributed by atoms with Gasteiger partial charge in [0.2, 0.25) is 0 Å². The zero-order valence-corrected chi connectivity index (χ0v) is 15.2. The molecule has 25 heavy (non-hydrogen) atoms. The van der Waals surface area contributed by atoms with Crippen molar-refractivity contribution in [3.8, 4) is 0 Å². The van der Waals surface area contributed by atoms with E-state index in [-0.39, 0.29) is 17.2 Å². The summed E-state index contributed by atoms with van der Waals surface area (Å²) in [4.78, 5) is 26.0. The largest absolute Gasteiger partial charge is 0.465 e. The van der Waals surface area contributed by atoms with Crippen molar-refractivity contribution in [3.63, 3.8) is 0 Å². The smallest absolute Gasteiger partial charge is 0.407 e. The number of hydrogen-bond acceptors (Lipinski definition) is 4. The molecule has 0 saturated carbocycles. The van der Waals surface area contributed by atoms with E-state index in [4.69, 9.17) is 0 Å². The number of nitrogens with one attached hydrogen (secondary N) is 1. The van der Waals surface area contributed by atoms with Gasteiger partial charge in [0.05, 0.1) is 11.6 Å². The molecule has 1 unspecified atom stereocenters. The number of Topliss-reactive ketones (excluding diaryl/α,β-unsaturated/α-hetero) is 1. The Morgan fingerprint density at radius 3 is 2.36 bits per heavy atom. The first-order chi connectivity index (χ1) is 11.7. The molecule has 6 heteroatoms. The van der Waals surface area contributed by atoms with Crippen LogP contribution < -0.4 is 5.43 Å². The minimum atomic E-state index is -0.907. The predicted molar refractivity (Wildman–Crippen MR) is 94.9 cm³/mol. The third-order valence-corrected chi connectivity index (χ3v) is 5.43. The monoisotopic (exact) mass is 345 g/mol. The van der Waals surface area contributed by atoms with Gasteiger partial charge in [0.25, 0.3) is 0 Å². The van der Waals surface area contributed by atoms with E-state index in [9.17, 15) is 14.7 Å². The van der Waals surface area contributed by atoms with Gasteiger partial charge in [-0.1, -0.05) is 51.1 Å². The average molecular weight is 345 g/mol. The summed E-state index contributed by atoms with van der Waals surface area (Å²) >= 11 is 0. The maximum atomic E-state index is 13.3. The van der Waals surface area contributed by atoms with Crippen molar-refractivity contribution in [2.45, 2.75) is 51.7 Å². The highest BCUT2D eigenvalue weighted by Crippen LogP contribution is 2.39. The van der Waals surface area contributed by atoms with Gasteiger partial charge < -0.3 is 10.0 Å². The van der Waals surface area contributed by atoms with E-state index in [2.05, 4.69) is 43.3 Å². The van der Waals surface area contributed by atoms with Crippen molar-refractivity contribution >= 4 is 11.9 Å². The maximum Gasteiger partial charge on any atom is 0.407 e. The third-order valence-electron chi connectivity index (χ3n) is 5.43. The van der Waals surface area contributed by atoms with Crippen LogP contribution in [-0.4, -0.2) is 51.6 Å². The van der Waals surface area contributed by atoms with Gasteiger partial charge in [-0.3, -0.25) is 4.79 Å². The molecular weight excluding hydrogens is 318 g/mol. The molecule has 2 heterocycles. The minimum absolute atomic E-state index is 0.195. The molecule has 0 radical (unpaired) electrons. The van der Waals surface area contributed by atoms with Crippen LogP contribution in [0.3, 0.4) is 0 Å². The van der Waals surface area contributed by atoms with Crippen LogP contribution in [0, 0.1) is 5.41 Å². The van der Waals surface area contributed by atoms with Crippen LogP contribution in [-0.2, 0) is 11.3 Å². The fourth-order valence-electron chi connectivity index (χ4n) is 3.87. The van der Waals surface area contributed by atoms with Crippen molar-refractivity contribution < 1.29 is 14.7 Å². The SMILES string of the molecule is CC(C)(C)C1NN(Cc2ccccc2)C2(CCN(C(=O)O)CC2)C1=O. The summed E-state index contributed by atoms with van der Waals surface area (Å²) < 4.78 is 0. The Morgan fingerprint density at radius 1 is 1.24 bits per heavy atom. The number of amides is 1. The van der Waals surface area contributed by atoms with Crippen molar-refractivity contribution in [2.24, 2.45) is 5.41 Å². The number of carbonyl (C=O) groups excluding carboxylic acids is 1. The molecule has 2 aliphatic rings. The fraction of sp³-hybridized carbons (Fsp3) is 0.579. The first-order valence-electron chi connectivity index (χ1n) is 8.84. The van der Waals surface area contributed by atoms with Gasteiger partial charge in [0.15, 0.2) is 5.78 Å². The molecule has 0 aromatic heterocycles. The lowest BCUT2D eigenvalue weighted by molar-refractivity contribution is -0.130. The van der Waals surface area contributed by atoms with E-state index < -0.39 is 11.6 Å². The number of hydrogen-bond donors (Lipinski definition) is 2. The molecular formula is C19H27N3O3. The summed E-state index contributed by atoms with van der Waals surface area (Å²) in [5.74, 6) is 0.195. The van der Waals surface area contributed by atoms with Gasteiger partial charge in [-0.15, -0.1) is 0 Å². The van der Waals surface area contributed by atoms with Crippen LogP contribution in [0.4, 0.5) is 4.79 Å². The first kappa shape index (κ1) is 17.9. The van der Waals surface area contributed by atoms with Crippen LogP contribution in [0.5, 0.6) is 0 Å². The molecule has 1 spiro atoms. The highest BCUT2D eigenvalue weighted by molar-refractivity contribution is 5.95. The fourth-order valence-corrected chi connectivity index (χ4v) is 3.87. The maximum absolute atomic E-state index is 13.3. The number of piperidine rings is 1. The summed E-state index contributed by atoms with van der Waals surface area (Å²) in [5.41, 5.74) is 3.77. The van der Waals surface area contributed by atoms with Crippen LogP contribution in [0.1, 0.15) is 39.2 Å². The van der Waals surface area contributed by atoms with E-state index in [1.54, 1.807) is 0 Å². The minimum Gasteiger partial charge on any atom is -0.465 e. The third kappa shape index (κ3) is 3.28. The number of nitrogens with zero attached hydrogens (tertiary/aromatic N) is 2. The van der Waals surface area contributed by atoms with Crippen molar-refractivity contribution in [1.29, 1.82) is 0 Å². The molecule has 2 fully saturated rings. The predicted octanol–water partition coefficient (Wildman–Crippen LogP) is 2.50. The van der Waals surface area contributed by atoms with Gasteiger partial charge in [-0.2, -0.15) is 0 Å². The van der Waals surface area contributed by atoms with Crippen LogP contribution in [0.25, 0.3) is 0 Å². The summed E-state index contributed by atoms with van der Waals surface area (Å²) in [6.07, 6.45) is 0.157. The molecule has 0 bridgehead atoms. The van der Waals surface area contributed by atoms with Crippen LogP contribution >= 0.6 is 0 Å². The number of likely N-dealkylation sites (tertiary alicyclic amines) is 1. The van der Waals surface area contributed by atoms with E-state index >= 15 is 0 Å². The Labute approximate surface area is 148 Å². The normalized spacial score (nSPS) is 24.0. The van der Waals surface area contributed by atoms with Gasteiger partial charge in [0, 0.05) is 19.6 Å². The number of ketones is 1. The number of benzene rings is 1. The lowest BCUT2D eigenvalue weighted by Gasteiger charge is -2.42. The second-order valence-corrected chi connectivity index (χ2v) is 8.17. The summed E-state index contributed by atoms with van der Waals surface area (Å²) in [5, 5.41) is 11.3. The lowest BCUT2D eigenvalue weighted by atomic mass is 9.75. The molecule has 1 aromatic carbocycles. The van der Waals surface area contributed by atoms with E-state index in [1.165, 1.54) is 4.90 Å². The molecule has 1 aromatic rings. The van der Waals surface area contributed by atoms with Crippen LogP contribution in [0.15, 0.2) is 30.3 Å². The molecule has 6 nitrogen and oxygen atoms in total. The molecule has 2 N–H and O–H groups in total. The second kappa shape index (κ2) is 6.42. The second-order valence-electron chi connectivity index (χ2n) is 8.17. The van der Waals surface area contributed by atoms with Gasteiger partial charge in [-0.25, -0.2) is 15.2 Å². The summed E-state index contributed by atoms with van der Waals surface area (Å²) in [6, 6.07) is 9.81. The Bertz CT molecular complexity index is 646. The molecule has 0 aliphatic carbocycles. The number of rotatable bonds is 2. The molecule has 2 aliphatic heterocycles. The van der Waals surface area contributed by atoms with Gasteiger partial charge >= 0.3 is 6.09 Å². The highest BCUT2D eigenvalue weighted by Gasteiger charge is 2.57. The number of carboxylic acid groups (broad SMARTS) is 1. The summed E-state index contributed by atoms with van der Waals surface area (Å²) in [6.45, 7) is 7.61. The standard InChI is InChI=1S/C19H27N3O3/c1-18(2,3)15-16(23)19(9-11-21(12-10-19)17(24)25)22(20-15)13-14-7-5-4-6-8-14/h4-8,15,20H,9-13H2,1-3H3,(H,24,25). The zero-order valence-electron chi connectivity index (χ0n) is 15.2. The Hall–Kier alpha value is -1.92. The first-order valence-corrected chi connectivity index (χ1v) is 8.84. The Balaban J connectivity index is 1.88. The zero-order chi connectivity index (χ0) is 18.2. The summed E-state index contributed by atoms with van der Waals surface area (Å²) in [7, 11) is 0. The van der Waals surface area contributed by atoms with Crippen LogP contribution in [0.2, 0.25) is 0 Å². The lowest BCUT2D eigenvalue weighted by Crippen LogP contribution is -2.57. The molecule has 3 rings (SSSR count). The molecule has 1 amide bonds. The molecule has 2 saturated heterocycles. The van der Waals surface area contributed by atoms with Crippen molar-refractivity contribution in [2.75, 3.05) is 13.1 Å². The van der Waals surface area contributed by atoms with E-state index in [0.29, 0.717) is 32.5 Å².